The molecule has 7 heteroatoms. The normalized spacial score (nSPS) is 10.1. The van der Waals surface area contributed by atoms with E-state index in [1.807, 2.05) is 0 Å². The number of rotatable bonds is 5. The van der Waals surface area contributed by atoms with Gasteiger partial charge in [-0.15, -0.1) is 0 Å². The fourth-order valence-corrected chi connectivity index (χ4v) is 2.43. The van der Waals surface area contributed by atoms with Gasteiger partial charge >= 0.3 is 11.0 Å². The molecule has 0 amide bonds. The minimum Gasteiger partial charge on any atom is -0.465 e. The first-order chi connectivity index (χ1) is 9.61. The molecule has 0 aliphatic heterocycles. The van der Waals surface area contributed by atoms with Crippen molar-refractivity contribution in [2.24, 2.45) is 0 Å². The molecule has 1 heterocycles. The monoisotopic (exact) mass is 292 g/mol. The van der Waals surface area contributed by atoms with Gasteiger partial charge in [0.25, 0.3) is 0 Å². The van der Waals surface area contributed by atoms with Gasteiger partial charge in [-0.05, 0) is 18.2 Å². The van der Waals surface area contributed by atoms with Gasteiger partial charge in [-0.1, -0.05) is 23.5 Å². The number of thiophene rings is 1. The van der Waals surface area contributed by atoms with Gasteiger partial charge in [-0.2, -0.15) is 0 Å². The van der Waals surface area contributed by atoms with Crippen LogP contribution in [0.3, 0.4) is 0 Å². The van der Waals surface area contributed by atoms with Crippen LogP contribution < -0.4 is 5.32 Å². The Hall–Kier alpha value is -2.41. The van der Waals surface area contributed by atoms with E-state index in [1.54, 1.807) is 30.3 Å². The first-order valence-electron chi connectivity index (χ1n) is 5.76. The second kappa shape index (κ2) is 6.16. The van der Waals surface area contributed by atoms with Crippen molar-refractivity contribution in [2.45, 2.75) is 6.54 Å². The molecule has 2 rings (SSSR count). The van der Waals surface area contributed by atoms with Crippen LogP contribution >= 0.6 is 11.3 Å². The van der Waals surface area contributed by atoms with Crippen molar-refractivity contribution in [1.82, 2.24) is 0 Å². The van der Waals surface area contributed by atoms with E-state index in [4.69, 9.17) is 4.74 Å². The van der Waals surface area contributed by atoms with E-state index in [9.17, 15) is 14.9 Å². The average molecular weight is 292 g/mol. The van der Waals surface area contributed by atoms with Crippen LogP contribution in [0.2, 0.25) is 0 Å². The summed E-state index contributed by atoms with van der Waals surface area (Å²) < 4.78 is 4.70. The summed E-state index contributed by atoms with van der Waals surface area (Å²) in [6.07, 6.45) is 0. The summed E-state index contributed by atoms with van der Waals surface area (Å²) in [5.41, 5.74) is 1.07. The number of para-hydroxylation sites is 1. The number of hydrogen-bond donors (Lipinski definition) is 1. The van der Waals surface area contributed by atoms with Gasteiger partial charge in [0.2, 0.25) is 0 Å². The van der Waals surface area contributed by atoms with Crippen LogP contribution in [0, 0.1) is 10.1 Å². The SMILES string of the molecule is COC(=O)c1ccccc1NCc1ccc([N+](=O)[O-])s1. The summed E-state index contributed by atoms with van der Waals surface area (Å²) >= 11 is 1.10. The average Bonchev–Trinajstić information content (AvgIpc) is 2.93. The Kier molecular flexibility index (Phi) is 4.31. The Morgan fingerprint density at radius 2 is 2.10 bits per heavy atom. The molecule has 0 saturated heterocycles. The van der Waals surface area contributed by atoms with Crippen LogP contribution in [0.4, 0.5) is 10.7 Å². The lowest BCUT2D eigenvalue weighted by molar-refractivity contribution is -0.380. The zero-order valence-corrected chi connectivity index (χ0v) is 11.5. The molecule has 1 N–H and O–H groups in total. The Bertz CT molecular complexity index is 639. The van der Waals surface area contributed by atoms with Crippen molar-refractivity contribution in [3.63, 3.8) is 0 Å². The quantitative estimate of drug-likeness (QED) is 0.520. The predicted molar refractivity (Wildman–Crippen MR) is 76.1 cm³/mol. The van der Waals surface area contributed by atoms with E-state index in [2.05, 4.69) is 5.32 Å². The first-order valence-corrected chi connectivity index (χ1v) is 6.58. The van der Waals surface area contributed by atoms with Gasteiger partial charge in [0.05, 0.1) is 17.6 Å². The van der Waals surface area contributed by atoms with Gasteiger partial charge in [0.15, 0.2) is 0 Å². The smallest absolute Gasteiger partial charge is 0.339 e. The molecule has 1 aromatic heterocycles. The van der Waals surface area contributed by atoms with Gasteiger partial charge in [-0.3, -0.25) is 10.1 Å². The summed E-state index contributed by atoms with van der Waals surface area (Å²) in [5.74, 6) is -0.426. The number of methoxy groups -OCH3 is 1. The fraction of sp³-hybridized carbons (Fsp3) is 0.154. The molecule has 0 fully saturated rings. The largest absolute Gasteiger partial charge is 0.465 e. The number of carbonyl (C=O) groups is 1. The molecule has 0 saturated carbocycles. The van der Waals surface area contributed by atoms with Crippen LogP contribution in [-0.2, 0) is 11.3 Å². The summed E-state index contributed by atoms with van der Waals surface area (Å²) in [6, 6.07) is 10.1. The highest BCUT2D eigenvalue weighted by Crippen LogP contribution is 2.25. The highest BCUT2D eigenvalue weighted by Gasteiger charge is 2.12. The van der Waals surface area contributed by atoms with Crippen LogP contribution in [0.25, 0.3) is 0 Å². The molecular weight excluding hydrogens is 280 g/mol. The summed E-state index contributed by atoms with van der Waals surface area (Å²) in [4.78, 5) is 22.6. The molecule has 0 bridgehead atoms. The maximum absolute atomic E-state index is 11.6. The van der Waals surface area contributed by atoms with Crippen LogP contribution in [0.15, 0.2) is 36.4 Å². The molecule has 0 atom stereocenters. The van der Waals surface area contributed by atoms with E-state index in [-0.39, 0.29) is 5.00 Å². The predicted octanol–water partition coefficient (Wildman–Crippen LogP) is 3.06. The Labute approximate surface area is 119 Å². The van der Waals surface area contributed by atoms with Crippen molar-refractivity contribution in [2.75, 3.05) is 12.4 Å². The van der Waals surface area contributed by atoms with Crippen molar-refractivity contribution in [3.05, 3.63) is 57.0 Å². The van der Waals surface area contributed by atoms with Crippen molar-refractivity contribution >= 4 is 28.0 Å². The lowest BCUT2D eigenvalue weighted by atomic mass is 10.2. The summed E-state index contributed by atoms with van der Waals surface area (Å²) in [5, 5.41) is 13.8. The van der Waals surface area contributed by atoms with E-state index in [1.165, 1.54) is 13.2 Å². The first kappa shape index (κ1) is 14.0. The third-order valence-electron chi connectivity index (χ3n) is 2.61. The second-order valence-electron chi connectivity index (χ2n) is 3.89. The lowest BCUT2D eigenvalue weighted by Gasteiger charge is -2.09. The number of ether oxygens (including phenoxy) is 1. The van der Waals surface area contributed by atoms with Crippen molar-refractivity contribution in [1.29, 1.82) is 0 Å². The minimum atomic E-state index is -0.426. The van der Waals surface area contributed by atoms with Gasteiger partial charge in [-0.25, -0.2) is 4.79 Å². The highest BCUT2D eigenvalue weighted by molar-refractivity contribution is 7.15. The third kappa shape index (κ3) is 3.12. The number of nitrogens with one attached hydrogen (secondary N) is 1. The lowest BCUT2D eigenvalue weighted by Crippen LogP contribution is -2.07. The van der Waals surface area contributed by atoms with Gasteiger partial charge in [0, 0.05) is 23.2 Å². The maximum Gasteiger partial charge on any atom is 0.339 e. The number of nitrogens with zero attached hydrogens (tertiary/aromatic N) is 1. The molecule has 6 nitrogen and oxygen atoms in total. The summed E-state index contributed by atoms with van der Waals surface area (Å²) in [7, 11) is 1.32. The Balaban J connectivity index is 2.10. The maximum atomic E-state index is 11.6. The molecule has 2 aromatic rings. The molecule has 1 aromatic carbocycles. The van der Waals surface area contributed by atoms with E-state index >= 15 is 0 Å². The molecular formula is C13H12N2O4S. The van der Waals surface area contributed by atoms with Crippen molar-refractivity contribution in [3.8, 4) is 0 Å². The Morgan fingerprint density at radius 1 is 1.35 bits per heavy atom. The second-order valence-corrected chi connectivity index (χ2v) is 5.03. The molecule has 0 aliphatic carbocycles. The number of benzene rings is 1. The van der Waals surface area contributed by atoms with Crippen LogP contribution in [-0.4, -0.2) is 18.0 Å². The number of carbonyl (C=O) groups excluding carboxylic acids is 1. The Morgan fingerprint density at radius 3 is 2.75 bits per heavy atom. The van der Waals surface area contributed by atoms with Gasteiger partial charge < -0.3 is 10.1 Å². The molecule has 104 valence electrons. The highest BCUT2D eigenvalue weighted by atomic mass is 32.1. The number of esters is 1. The molecule has 0 aliphatic rings. The van der Waals surface area contributed by atoms with Crippen molar-refractivity contribution < 1.29 is 14.5 Å². The van der Waals surface area contributed by atoms with Crippen LogP contribution in [0.1, 0.15) is 15.2 Å². The van der Waals surface area contributed by atoms with E-state index in [0.29, 0.717) is 17.8 Å². The fourth-order valence-electron chi connectivity index (χ4n) is 1.67. The number of anilines is 1. The standard InChI is InChI=1S/C13H12N2O4S/c1-19-13(16)10-4-2-3-5-11(10)14-8-9-6-7-12(20-9)15(17)18/h2-7,14H,8H2,1H3. The zero-order chi connectivity index (χ0) is 14.5. The molecule has 20 heavy (non-hydrogen) atoms. The van der Waals surface area contributed by atoms with Gasteiger partial charge in [0.1, 0.15) is 0 Å². The minimum absolute atomic E-state index is 0.100. The number of nitro groups is 1. The zero-order valence-electron chi connectivity index (χ0n) is 10.7. The van der Waals surface area contributed by atoms with E-state index < -0.39 is 10.9 Å². The number of hydrogen-bond acceptors (Lipinski definition) is 6. The van der Waals surface area contributed by atoms with E-state index in [0.717, 1.165) is 16.2 Å². The topological polar surface area (TPSA) is 81.5 Å². The molecule has 0 spiro atoms. The third-order valence-corrected chi connectivity index (χ3v) is 3.65. The molecule has 0 radical (unpaired) electrons. The molecule has 0 unspecified atom stereocenters. The summed E-state index contributed by atoms with van der Waals surface area (Å²) in [6.45, 7) is 0.409. The van der Waals surface area contributed by atoms with Crippen LogP contribution in [0.5, 0.6) is 0 Å².